The van der Waals surface area contributed by atoms with Crippen molar-refractivity contribution in [1.82, 2.24) is 0 Å². The van der Waals surface area contributed by atoms with Gasteiger partial charge in [0.25, 0.3) is 0 Å². The topological polar surface area (TPSA) is 107 Å². The summed E-state index contributed by atoms with van der Waals surface area (Å²) in [4.78, 5) is 29.3. The second-order valence-corrected chi connectivity index (χ2v) is 37.9. The number of carbonyl (C=O) groups is 2. The van der Waals surface area contributed by atoms with Crippen molar-refractivity contribution in [3.8, 4) is 0 Å². The SMILES string of the molecule is CCCCCCCCCCCCCCCCCCP(CCCC)(CCCC)(CCCC)OC(=O)c1ccc(C(=O)OP(CCCC)(CCCC)(CCCC)CCCCCCCCCCCCCCCCCC)c(S(=O)(=O)O)c1. The quantitative estimate of drug-likeness (QED) is 0.0393. The molecule has 0 heterocycles. The number of hydrogen-bond acceptors (Lipinski definition) is 6. The minimum absolute atomic E-state index is 0.0817. The molecule has 0 amide bonds. The third-order valence-corrected chi connectivity index (χ3v) is 31.9. The van der Waals surface area contributed by atoms with E-state index in [1.54, 1.807) is 6.07 Å². The molecule has 0 unspecified atom stereocenters. The Morgan fingerprint density at radius 1 is 0.333 bits per heavy atom. The van der Waals surface area contributed by atoms with E-state index in [9.17, 15) is 22.6 Å². The van der Waals surface area contributed by atoms with Gasteiger partial charge in [-0.2, -0.15) is 0 Å². The van der Waals surface area contributed by atoms with Crippen molar-refractivity contribution in [2.45, 2.75) is 343 Å². The van der Waals surface area contributed by atoms with Crippen molar-refractivity contribution in [3.63, 3.8) is 0 Å². The van der Waals surface area contributed by atoms with E-state index in [4.69, 9.17) is 9.05 Å². The molecule has 78 heavy (non-hydrogen) atoms. The molecule has 7 nitrogen and oxygen atoms in total. The van der Waals surface area contributed by atoms with E-state index in [0.717, 1.165) is 152 Å². The van der Waals surface area contributed by atoms with Gasteiger partial charge in [-0.3, -0.25) is 0 Å². The summed E-state index contributed by atoms with van der Waals surface area (Å²) >= 11 is 0. The first-order chi connectivity index (χ1) is 37.7. The molecular formula is C68H132O7P2S. The Morgan fingerprint density at radius 3 is 0.795 bits per heavy atom. The van der Waals surface area contributed by atoms with Gasteiger partial charge in [0.1, 0.15) is 0 Å². The van der Waals surface area contributed by atoms with Crippen LogP contribution in [0.15, 0.2) is 23.1 Å². The molecule has 1 aromatic carbocycles. The molecule has 0 aliphatic rings. The molecule has 0 saturated heterocycles. The number of carbonyl (C=O) groups excluding carboxylic acids is 2. The van der Waals surface area contributed by atoms with Crippen LogP contribution >= 0.6 is 13.7 Å². The molecule has 0 saturated carbocycles. The standard InChI is InChI=1S/C68H132O7P2S/c1-9-17-25-27-29-31-33-35-37-39-41-43-45-47-49-51-61-76(55-19-11-3,56-20-12-4,57-21-13-5)74-67(69)64-53-54-65(66(63-64)78(71,72)73)68(70)75-77(58-22-14-6,59-23-15-7,60-24-16-8)62-52-50-48-46-44-42-40-38-36-34-32-30-28-26-18-10-2/h53-54,63H,9-52,55-62H2,1-8H3,(H,71,72,73). The van der Waals surface area contributed by atoms with Gasteiger partial charge in [0, 0.05) is 0 Å². The fourth-order valence-electron chi connectivity index (χ4n) is 12.8. The van der Waals surface area contributed by atoms with Gasteiger partial charge in [-0.15, -0.1) is 0 Å². The van der Waals surface area contributed by atoms with Crippen LogP contribution in [0, 0.1) is 0 Å². The summed E-state index contributed by atoms with van der Waals surface area (Å²) < 4.78 is 52.2. The van der Waals surface area contributed by atoms with Crippen LogP contribution in [0.2, 0.25) is 0 Å². The molecule has 1 rings (SSSR count). The minimum atomic E-state index is -4.93. The number of rotatable bonds is 57. The van der Waals surface area contributed by atoms with Crippen molar-refractivity contribution in [2.75, 3.05) is 49.3 Å². The van der Waals surface area contributed by atoms with Crippen molar-refractivity contribution in [3.05, 3.63) is 29.3 Å². The Kier molecular flexibility index (Phi) is 43.6. The average molecular weight is 1160 g/mol. The van der Waals surface area contributed by atoms with E-state index in [2.05, 4.69) is 55.4 Å². The maximum absolute atomic E-state index is 15.0. The van der Waals surface area contributed by atoms with Crippen LogP contribution in [0.5, 0.6) is 0 Å². The van der Waals surface area contributed by atoms with E-state index in [1.807, 2.05) is 0 Å². The molecular weight excluding hydrogens is 1020 g/mol. The maximum atomic E-state index is 15.0. The fraction of sp³-hybridized carbons (Fsp3) is 0.882. The number of benzene rings is 1. The molecule has 0 spiro atoms. The van der Waals surface area contributed by atoms with Gasteiger partial charge in [0.15, 0.2) is 0 Å². The molecule has 462 valence electrons. The van der Waals surface area contributed by atoms with Crippen LogP contribution in [0.4, 0.5) is 0 Å². The van der Waals surface area contributed by atoms with Crippen LogP contribution in [0.3, 0.4) is 0 Å². The summed E-state index contributed by atoms with van der Waals surface area (Å²) in [7, 11) is -4.93. The molecule has 0 aromatic heterocycles. The Morgan fingerprint density at radius 2 is 0.551 bits per heavy atom. The molecule has 0 atom stereocenters. The summed E-state index contributed by atoms with van der Waals surface area (Å²) in [6.07, 6.45) is 60.5. The van der Waals surface area contributed by atoms with E-state index in [-0.39, 0.29) is 11.1 Å². The van der Waals surface area contributed by atoms with Crippen LogP contribution < -0.4 is 0 Å². The van der Waals surface area contributed by atoms with Crippen LogP contribution in [0.1, 0.15) is 359 Å². The molecule has 0 aliphatic carbocycles. The molecule has 10 heteroatoms. The van der Waals surface area contributed by atoms with Crippen LogP contribution in [-0.2, 0) is 19.2 Å². The molecule has 0 fully saturated rings. The second kappa shape index (κ2) is 45.4. The van der Waals surface area contributed by atoms with E-state index in [0.29, 0.717) is 0 Å². The zero-order valence-electron chi connectivity index (χ0n) is 53.2. The van der Waals surface area contributed by atoms with Gasteiger partial charge in [-0.05, 0) is 0 Å². The van der Waals surface area contributed by atoms with Gasteiger partial charge in [0.05, 0.1) is 0 Å². The first kappa shape index (κ1) is 74.9. The number of hydrogen-bond donors (Lipinski definition) is 1. The molecule has 0 aliphatic heterocycles. The fourth-order valence-corrected chi connectivity index (χ4v) is 26.8. The Labute approximate surface area is 486 Å². The second-order valence-electron chi connectivity index (χ2n) is 25.2. The van der Waals surface area contributed by atoms with Gasteiger partial charge in [-0.1, -0.05) is 78.1 Å². The Hall–Kier alpha value is -1.07. The zero-order chi connectivity index (χ0) is 57.6. The monoisotopic (exact) mass is 1150 g/mol. The molecule has 1 N–H and O–H groups in total. The van der Waals surface area contributed by atoms with Crippen LogP contribution in [0.25, 0.3) is 0 Å². The average Bonchev–Trinajstić information content (AvgIpc) is 3.45. The normalized spacial score (nSPS) is 13.3. The Balaban J connectivity index is 3.34. The van der Waals surface area contributed by atoms with Crippen molar-refractivity contribution in [1.29, 1.82) is 0 Å². The first-order valence-corrected chi connectivity index (χ1v) is 41.6. The van der Waals surface area contributed by atoms with Gasteiger partial charge < -0.3 is 0 Å². The van der Waals surface area contributed by atoms with E-state index in [1.165, 1.54) is 192 Å². The van der Waals surface area contributed by atoms with Crippen LogP contribution in [-0.4, -0.2) is 74.2 Å². The van der Waals surface area contributed by atoms with Crippen molar-refractivity contribution in [2.24, 2.45) is 0 Å². The van der Waals surface area contributed by atoms with Gasteiger partial charge >= 0.3 is 411 Å². The molecule has 1 aromatic rings. The number of unbranched alkanes of at least 4 members (excludes halogenated alkanes) is 36. The summed E-state index contributed by atoms with van der Waals surface area (Å²) in [6.45, 7) is 11.4. The third kappa shape index (κ3) is 31.6. The first-order valence-electron chi connectivity index (χ1n) is 34.3. The van der Waals surface area contributed by atoms with E-state index < -0.39 is 40.6 Å². The summed E-state index contributed by atoms with van der Waals surface area (Å²) in [5, 5.41) is 0. The third-order valence-electron chi connectivity index (χ3n) is 18.0. The summed E-state index contributed by atoms with van der Waals surface area (Å²) in [5.74, 6) is -1.19. The molecule has 0 bridgehead atoms. The zero-order valence-corrected chi connectivity index (χ0v) is 55.8. The molecule has 0 radical (unpaired) electrons. The van der Waals surface area contributed by atoms with Gasteiger partial charge in [-0.25, -0.2) is 0 Å². The predicted octanol–water partition coefficient (Wildman–Crippen LogP) is 23.5. The van der Waals surface area contributed by atoms with E-state index >= 15 is 0 Å². The summed E-state index contributed by atoms with van der Waals surface area (Å²) in [6, 6.07) is 4.24. The Bertz CT molecular complexity index is 1700. The predicted molar refractivity (Wildman–Crippen MR) is 348 cm³/mol. The van der Waals surface area contributed by atoms with Crippen molar-refractivity contribution >= 4 is 35.7 Å². The summed E-state index contributed by atoms with van der Waals surface area (Å²) in [5.41, 5.74) is -0.0913. The van der Waals surface area contributed by atoms with Gasteiger partial charge in [0.2, 0.25) is 0 Å². The van der Waals surface area contributed by atoms with Crippen molar-refractivity contribution < 1.29 is 31.6 Å².